The minimum Gasteiger partial charge on any atom is -0.349 e. The highest BCUT2D eigenvalue weighted by molar-refractivity contribution is 7.88. The fourth-order valence-corrected chi connectivity index (χ4v) is 4.05. The second kappa shape index (κ2) is 8.12. The van der Waals surface area contributed by atoms with E-state index < -0.39 is 10.0 Å². The number of benzene rings is 1. The Morgan fingerprint density at radius 1 is 1.21 bits per heavy atom. The van der Waals surface area contributed by atoms with Gasteiger partial charge in [-0.05, 0) is 30.7 Å². The Balaban J connectivity index is 1.99. The number of sulfonamides is 1. The molecule has 0 aliphatic carbocycles. The maximum atomic E-state index is 12.6. The summed E-state index contributed by atoms with van der Waals surface area (Å²) in [6.45, 7) is 5.15. The Hall–Kier alpha value is -1.40. The molecule has 1 N–H and O–H groups in total. The monoisotopic (exact) mass is 352 g/mol. The van der Waals surface area contributed by atoms with Gasteiger partial charge in [0.15, 0.2) is 0 Å². The molecule has 1 amide bonds. The van der Waals surface area contributed by atoms with Crippen LogP contribution in [0.25, 0.3) is 0 Å². The van der Waals surface area contributed by atoms with E-state index in [4.69, 9.17) is 0 Å². The minimum absolute atomic E-state index is 0.00615. The minimum atomic E-state index is -3.16. The first-order valence-corrected chi connectivity index (χ1v) is 10.4. The third kappa shape index (κ3) is 5.31. The Morgan fingerprint density at radius 2 is 1.79 bits per heavy atom. The van der Waals surface area contributed by atoms with Gasteiger partial charge in [-0.1, -0.05) is 44.2 Å². The Labute approximate surface area is 145 Å². The number of piperidine rings is 1. The van der Waals surface area contributed by atoms with Crippen molar-refractivity contribution in [3.8, 4) is 0 Å². The van der Waals surface area contributed by atoms with Gasteiger partial charge in [0.05, 0.1) is 12.3 Å². The van der Waals surface area contributed by atoms with Gasteiger partial charge in [0.25, 0.3) is 0 Å². The van der Waals surface area contributed by atoms with E-state index in [1.54, 1.807) is 0 Å². The van der Waals surface area contributed by atoms with E-state index >= 15 is 0 Å². The SMILES string of the molecule is CC(C)C[C@H](NC(=O)C1CCN(S(C)(=O)=O)CC1)c1ccccc1. The van der Waals surface area contributed by atoms with Gasteiger partial charge in [-0.25, -0.2) is 12.7 Å². The average Bonchev–Trinajstić information content (AvgIpc) is 2.54. The van der Waals surface area contributed by atoms with Crippen molar-refractivity contribution in [1.29, 1.82) is 0 Å². The molecule has 1 aromatic carbocycles. The molecule has 2 rings (SSSR count). The topological polar surface area (TPSA) is 66.5 Å². The number of carbonyl (C=O) groups excluding carboxylic acids is 1. The number of hydrogen-bond donors (Lipinski definition) is 1. The quantitative estimate of drug-likeness (QED) is 0.856. The number of amides is 1. The molecule has 24 heavy (non-hydrogen) atoms. The molecular weight excluding hydrogens is 324 g/mol. The maximum absolute atomic E-state index is 12.6. The van der Waals surface area contributed by atoms with Crippen LogP contribution in [0.1, 0.15) is 44.7 Å². The summed E-state index contributed by atoms with van der Waals surface area (Å²) in [6.07, 6.45) is 3.28. The molecule has 1 aliphatic rings. The first-order chi connectivity index (χ1) is 11.3. The molecule has 1 aromatic rings. The van der Waals surface area contributed by atoms with E-state index in [-0.39, 0.29) is 17.9 Å². The molecule has 1 heterocycles. The third-order valence-electron chi connectivity index (χ3n) is 4.52. The van der Waals surface area contributed by atoms with Crippen LogP contribution < -0.4 is 5.32 Å². The fourth-order valence-electron chi connectivity index (χ4n) is 3.17. The lowest BCUT2D eigenvalue weighted by molar-refractivity contribution is -0.127. The molecule has 0 radical (unpaired) electrons. The first kappa shape index (κ1) is 18.9. The van der Waals surface area contributed by atoms with Gasteiger partial charge in [0.2, 0.25) is 15.9 Å². The number of nitrogens with one attached hydrogen (secondary N) is 1. The van der Waals surface area contributed by atoms with E-state index in [2.05, 4.69) is 19.2 Å². The maximum Gasteiger partial charge on any atom is 0.223 e. The molecule has 0 unspecified atom stereocenters. The smallest absolute Gasteiger partial charge is 0.223 e. The highest BCUT2D eigenvalue weighted by Crippen LogP contribution is 2.24. The molecule has 0 saturated carbocycles. The van der Waals surface area contributed by atoms with Crippen molar-refractivity contribution in [1.82, 2.24) is 9.62 Å². The van der Waals surface area contributed by atoms with Crippen LogP contribution in [-0.2, 0) is 14.8 Å². The van der Waals surface area contributed by atoms with Crippen LogP contribution in [0.4, 0.5) is 0 Å². The fraction of sp³-hybridized carbons (Fsp3) is 0.611. The largest absolute Gasteiger partial charge is 0.349 e. The van der Waals surface area contributed by atoms with Crippen LogP contribution in [-0.4, -0.2) is 38.0 Å². The van der Waals surface area contributed by atoms with Gasteiger partial charge < -0.3 is 5.32 Å². The molecule has 1 fully saturated rings. The molecule has 6 heteroatoms. The molecule has 0 aromatic heterocycles. The molecule has 1 aliphatic heterocycles. The molecule has 134 valence electrons. The summed E-state index contributed by atoms with van der Waals surface area (Å²) in [5.74, 6) is 0.404. The standard InChI is InChI=1S/C18H28N2O3S/c1-14(2)13-17(15-7-5-4-6-8-15)19-18(21)16-9-11-20(12-10-16)24(3,22)23/h4-8,14,16-17H,9-13H2,1-3H3,(H,19,21)/t17-/m0/s1. The summed E-state index contributed by atoms with van der Waals surface area (Å²) in [5, 5.41) is 3.18. The molecule has 1 atom stereocenters. The van der Waals surface area contributed by atoms with Gasteiger partial charge >= 0.3 is 0 Å². The zero-order chi connectivity index (χ0) is 17.7. The van der Waals surface area contributed by atoms with E-state index in [9.17, 15) is 13.2 Å². The van der Waals surface area contributed by atoms with Crippen LogP contribution in [0.15, 0.2) is 30.3 Å². The summed E-state index contributed by atoms with van der Waals surface area (Å²) in [5.41, 5.74) is 1.12. The van der Waals surface area contributed by atoms with Gasteiger partial charge in [-0.2, -0.15) is 0 Å². The van der Waals surface area contributed by atoms with Crippen LogP contribution >= 0.6 is 0 Å². The predicted molar refractivity (Wildman–Crippen MR) is 95.9 cm³/mol. The second-order valence-corrected chi connectivity index (χ2v) is 9.02. The Morgan fingerprint density at radius 3 is 2.29 bits per heavy atom. The Bertz CT molecular complexity index is 635. The summed E-state index contributed by atoms with van der Waals surface area (Å²) in [4.78, 5) is 12.6. The van der Waals surface area contributed by atoms with E-state index in [1.807, 2.05) is 30.3 Å². The van der Waals surface area contributed by atoms with Crippen molar-refractivity contribution < 1.29 is 13.2 Å². The van der Waals surface area contributed by atoms with Crippen molar-refractivity contribution in [2.45, 2.75) is 39.2 Å². The normalized spacial score (nSPS) is 18.5. The molecule has 1 saturated heterocycles. The summed E-state index contributed by atoms with van der Waals surface area (Å²) < 4.78 is 24.6. The summed E-state index contributed by atoms with van der Waals surface area (Å²) in [6, 6.07) is 10.0. The number of carbonyl (C=O) groups is 1. The average molecular weight is 353 g/mol. The van der Waals surface area contributed by atoms with Crippen molar-refractivity contribution >= 4 is 15.9 Å². The van der Waals surface area contributed by atoms with Crippen LogP contribution in [0.3, 0.4) is 0 Å². The molecule has 0 bridgehead atoms. The predicted octanol–water partition coefficient (Wildman–Crippen LogP) is 2.56. The van der Waals surface area contributed by atoms with Crippen LogP contribution in [0, 0.1) is 11.8 Å². The number of rotatable bonds is 6. The number of nitrogens with zero attached hydrogens (tertiary/aromatic N) is 1. The highest BCUT2D eigenvalue weighted by Gasteiger charge is 2.30. The van der Waals surface area contributed by atoms with Gasteiger partial charge in [0.1, 0.15) is 0 Å². The molecule has 0 spiro atoms. The summed E-state index contributed by atoms with van der Waals surface area (Å²) in [7, 11) is -3.16. The lowest BCUT2D eigenvalue weighted by atomic mass is 9.93. The van der Waals surface area contributed by atoms with Gasteiger partial charge in [0, 0.05) is 19.0 Å². The van der Waals surface area contributed by atoms with Crippen LogP contribution in [0.2, 0.25) is 0 Å². The van der Waals surface area contributed by atoms with Crippen molar-refractivity contribution in [2.75, 3.05) is 19.3 Å². The second-order valence-electron chi connectivity index (χ2n) is 7.04. The van der Waals surface area contributed by atoms with Crippen LogP contribution in [0.5, 0.6) is 0 Å². The number of hydrogen-bond acceptors (Lipinski definition) is 3. The van der Waals surface area contributed by atoms with Gasteiger partial charge in [-0.15, -0.1) is 0 Å². The zero-order valence-corrected chi connectivity index (χ0v) is 15.6. The van der Waals surface area contributed by atoms with Gasteiger partial charge in [-0.3, -0.25) is 4.79 Å². The van der Waals surface area contributed by atoms with E-state index in [0.29, 0.717) is 31.8 Å². The lowest BCUT2D eigenvalue weighted by Gasteiger charge is -2.31. The van der Waals surface area contributed by atoms with Crippen molar-refractivity contribution in [3.63, 3.8) is 0 Å². The van der Waals surface area contributed by atoms with Crippen molar-refractivity contribution in [3.05, 3.63) is 35.9 Å². The van der Waals surface area contributed by atoms with E-state index in [0.717, 1.165) is 12.0 Å². The molecular formula is C18H28N2O3S. The third-order valence-corrected chi connectivity index (χ3v) is 5.82. The molecule has 5 nitrogen and oxygen atoms in total. The highest BCUT2D eigenvalue weighted by atomic mass is 32.2. The zero-order valence-electron chi connectivity index (χ0n) is 14.7. The lowest BCUT2D eigenvalue weighted by Crippen LogP contribution is -2.43. The van der Waals surface area contributed by atoms with Crippen molar-refractivity contribution in [2.24, 2.45) is 11.8 Å². The van der Waals surface area contributed by atoms with E-state index in [1.165, 1.54) is 10.6 Å². The Kier molecular flexibility index (Phi) is 6.40. The first-order valence-electron chi connectivity index (χ1n) is 8.58. The summed E-state index contributed by atoms with van der Waals surface area (Å²) >= 11 is 0.